The lowest BCUT2D eigenvalue weighted by Gasteiger charge is -2.19. The fraction of sp³-hybridized carbons (Fsp3) is 0.125. The number of ether oxygens (including phenoxy) is 1. The molecule has 0 saturated carbocycles. The molecule has 11 heteroatoms. The topological polar surface area (TPSA) is 172 Å². The van der Waals surface area contributed by atoms with Crippen molar-refractivity contribution < 1.29 is 14.6 Å². The minimum absolute atomic E-state index is 0.0530. The van der Waals surface area contributed by atoms with E-state index in [0.717, 1.165) is 4.68 Å². The molecule has 35 heavy (non-hydrogen) atoms. The second-order valence-electron chi connectivity index (χ2n) is 7.70. The summed E-state index contributed by atoms with van der Waals surface area (Å²) in [6.45, 7) is 1.81. The van der Waals surface area contributed by atoms with Gasteiger partial charge in [0.15, 0.2) is 5.82 Å². The molecule has 0 aliphatic carbocycles. The summed E-state index contributed by atoms with van der Waals surface area (Å²) < 4.78 is 6.34. The Hall–Kier alpha value is -4.93. The minimum Gasteiger partial charge on any atom is -0.481 e. The van der Waals surface area contributed by atoms with Crippen LogP contribution >= 0.6 is 0 Å². The number of nitrogens with zero attached hydrogens (tertiary/aromatic N) is 3. The Bertz CT molecular complexity index is 1460. The predicted molar refractivity (Wildman–Crippen MR) is 130 cm³/mol. The molecule has 4 rings (SSSR count). The van der Waals surface area contributed by atoms with Crippen molar-refractivity contribution in [2.24, 2.45) is 5.73 Å². The number of aryl methyl sites for hydroxylation is 1. The van der Waals surface area contributed by atoms with Crippen LogP contribution in [0.5, 0.6) is 5.88 Å². The predicted octanol–water partition coefficient (Wildman–Crippen LogP) is 2.46. The first-order chi connectivity index (χ1) is 16.8. The lowest BCUT2D eigenvalue weighted by atomic mass is 10.1. The number of benzene rings is 2. The summed E-state index contributed by atoms with van der Waals surface area (Å²) in [5.41, 5.74) is 7.68. The van der Waals surface area contributed by atoms with E-state index in [-0.39, 0.29) is 22.9 Å². The van der Waals surface area contributed by atoms with Crippen LogP contribution in [0.25, 0.3) is 5.69 Å². The van der Waals surface area contributed by atoms with Crippen LogP contribution in [0.4, 0.5) is 5.69 Å². The Balaban J connectivity index is 1.82. The maximum absolute atomic E-state index is 12.9. The molecule has 4 aromatic rings. The van der Waals surface area contributed by atoms with Gasteiger partial charge in [0.1, 0.15) is 11.9 Å². The number of nitrogens with one attached hydrogen (secondary N) is 3. The third kappa shape index (κ3) is 4.88. The normalized spacial score (nSPS) is 11.6. The van der Waals surface area contributed by atoms with Gasteiger partial charge in [-0.1, -0.05) is 12.1 Å². The van der Waals surface area contributed by atoms with Crippen LogP contribution < -0.4 is 21.5 Å². The average molecular weight is 473 g/mol. The number of amidine groups is 1. The van der Waals surface area contributed by atoms with E-state index >= 15 is 0 Å². The van der Waals surface area contributed by atoms with Crippen molar-refractivity contribution >= 4 is 17.5 Å². The Morgan fingerprint density at radius 2 is 1.91 bits per heavy atom. The molecule has 0 radical (unpaired) electrons. The highest BCUT2D eigenvalue weighted by Gasteiger charge is 2.23. The molecule has 1 atom stereocenters. The molecule has 0 bridgehead atoms. The van der Waals surface area contributed by atoms with Gasteiger partial charge in [0, 0.05) is 23.0 Å². The van der Waals surface area contributed by atoms with Crippen molar-refractivity contribution in [3.05, 3.63) is 99.4 Å². The highest BCUT2D eigenvalue weighted by atomic mass is 16.5. The van der Waals surface area contributed by atoms with Gasteiger partial charge in [-0.05, 0) is 55.0 Å². The van der Waals surface area contributed by atoms with Gasteiger partial charge >= 0.3 is 11.7 Å². The number of hydrogen-bond donors (Lipinski definition) is 5. The quantitative estimate of drug-likeness (QED) is 0.192. The van der Waals surface area contributed by atoms with Crippen LogP contribution in [0.2, 0.25) is 0 Å². The number of carboxylic acid groups (broad SMARTS) is 1. The number of carbonyl (C=O) groups is 1. The van der Waals surface area contributed by atoms with E-state index < -0.39 is 17.7 Å². The smallest absolute Gasteiger partial charge is 0.348 e. The van der Waals surface area contributed by atoms with Crippen LogP contribution in [-0.4, -0.2) is 43.8 Å². The van der Waals surface area contributed by atoms with Gasteiger partial charge in [-0.25, -0.2) is 14.6 Å². The molecule has 0 fully saturated rings. The Morgan fingerprint density at radius 3 is 2.57 bits per heavy atom. The van der Waals surface area contributed by atoms with Crippen molar-refractivity contribution in [1.29, 1.82) is 5.41 Å². The molecule has 178 valence electrons. The minimum atomic E-state index is -1.17. The number of methoxy groups -OCH3 is 1. The van der Waals surface area contributed by atoms with Crippen LogP contribution in [-0.2, 0) is 0 Å². The number of para-hydroxylation sites is 1. The van der Waals surface area contributed by atoms with Crippen molar-refractivity contribution in [2.75, 3.05) is 12.4 Å². The number of hydrogen-bond acceptors (Lipinski definition) is 7. The third-order valence-corrected chi connectivity index (χ3v) is 5.27. The number of carboxylic acids is 1. The van der Waals surface area contributed by atoms with Crippen molar-refractivity contribution in [3.8, 4) is 11.6 Å². The highest BCUT2D eigenvalue weighted by Crippen LogP contribution is 2.27. The maximum atomic E-state index is 12.9. The lowest BCUT2D eigenvalue weighted by Crippen LogP contribution is -2.18. The van der Waals surface area contributed by atoms with E-state index in [1.807, 2.05) is 13.0 Å². The zero-order chi connectivity index (χ0) is 25.1. The number of aromatic carboxylic acids is 1. The van der Waals surface area contributed by atoms with Gasteiger partial charge in [-0.2, -0.15) is 4.68 Å². The summed E-state index contributed by atoms with van der Waals surface area (Å²) in [5, 5.41) is 24.9. The number of H-pyrrole nitrogens is 1. The van der Waals surface area contributed by atoms with Crippen molar-refractivity contribution in [1.82, 2.24) is 19.7 Å². The fourth-order valence-electron chi connectivity index (χ4n) is 3.63. The average Bonchev–Trinajstić information content (AvgIpc) is 3.23. The monoisotopic (exact) mass is 473 g/mol. The molecular weight excluding hydrogens is 450 g/mol. The van der Waals surface area contributed by atoms with E-state index in [1.165, 1.54) is 19.2 Å². The molecule has 2 aromatic heterocycles. The first-order valence-electron chi connectivity index (χ1n) is 10.5. The number of nitrogen functional groups attached to an aromatic ring is 1. The van der Waals surface area contributed by atoms with E-state index in [2.05, 4.69) is 20.4 Å². The van der Waals surface area contributed by atoms with Gasteiger partial charge in [0.2, 0.25) is 5.88 Å². The summed E-state index contributed by atoms with van der Waals surface area (Å²) in [6, 6.07) is 15.9. The molecule has 2 heterocycles. The van der Waals surface area contributed by atoms with Gasteiger partial charge in [-0.15, -0.1) is 5.10 Å². The number of nitrogens with two attached hydrogens (primary N) is 1. The van der Waals surface area contributed by atoms with E-state index in [1.54, 1.807) is 42.5 Å². The number of rotatable bonds is 8. The molecule has 2 aromatic carbocycles. The second-order valence-corrected chi connectivity index (χ2v) is 7.70. The lowest BCUT2D eigenvalue weighted by molar-refractivity contribution is 0.0696. The maximum Gasteiger partial charge on any atom is 0.348 e. The largest absolute Gasteiger partial charge is 0.481 e. The zero-order valence-electron chi connectivity index (χ0n) is 18.9. The summed E-state index contributed by atoms with van der Waals surface area (Å²) in [7, 11) is 1.51. The fourth-order valence-corrected chi connectivity index (χ4v) is 3.63. The van der Waals surface area contributed by atoms with Gasteiger partial charge < -0.3 is 20.9 Å². The second kappa shape index (κ2) is 9.51. The number of anilines is 1. The van der Waals surface area contributed by atoms with Gasteiger partial charge in [0.25, 0.3) is 0 Å². The molecule has 0 aliphatic heterocycles. The van der Waals surface area contributed by atoms with E-state index in [9.17, 15) is 14.7 Å². The molecule has 1 unspecified atom stereocenters. The molecule has 0 amide bonds. The van der Waals surface area contributed by atoms with Crippen LogP contribution in [0.15, 0.2) is 65.5 Å². The standard InChI is InChI=1S/C24H23N7O4/c1-13-11-15(12-19(27-13)35-2)20(28-16-9-7-14(8-10-16)21(25)26)22-29-24(34)31(30-22)18-6-4-3-5-17(18)23(32)33/h3-12,20,28H,1-2H3,(H3,25,26)(H,32,33)(H,29,30,34). The first-order valence-corrected chi connectivity index (χ1v) is 10.5. The Kier molecular flexibility index (Phi) is 6.32. The number of pyridine rings is 1. The Labute approximate surface area is 199 Å². The van der Waals surface area contributed by atoms with Crippen molar-refractivity contribution in [2.45, 2.75) is 13.0 Å². The van der Waals surface area contributed by atoms with E-state index in [0.29, 0.717) is 28.4 Å². The molecule has 11 nitrogen and oxygen atoms in total. The zero-order valence-corrected chi connectivity index (χ0v) is 18.9. The van der Waals surface area contributed by atoms with Gasteiger partial charge in [-0.3, -0.25) is 10.4 Å². The summed E-state index contributed by atoms with van der Waals surface area (Å²) in [4.78, 5) is 31.6. The molecule has 0 aliphatic rings. The molecule has 6 N–H and O–H groups in total. The highest BCUT2D eigenvalue weighted by molar-refractivity contribution is 5.95. The van der Waals surface area contributed by atoms with Gasteiger partial charge in [0.05, 0.1) is 18.4 Å². The number of aromatic amines is 1. The molecule has 0 saturated heterocycles. The van der Waals surface area contributed by atoms with Crippen LogP contribution in [0, 0.1) is 12.3 Å². The van der Waals surface area contributed by atoms with Crippen LogP contribution in [0.1, 0.15) is 39.0 Å². The Morgan fingerprint density at radius 1 is 1.20 bits per heavy atom. The van der Waals surface area contributed by atoms with E-state index in [4.69, 9.17) is 15.9 Å². The molecule has 0 spiro atoms. The van der Waals surface area contributed by atoms with Crippen LogP contribution in [0.3, 0.4) is 0 Å². The summed E-state index contributed by atoms with van der Waals surface area (Å²) in [5.74, 6) is -0.593. The number of aromatic nitrogens is 4. The van der Waals surface area contributed by atoms with Crippen molar-refractivity contribution in [3.63, 3.8) is 0 Å². The summed E-state index contributed by atoms with van der Waals surface area (Å²) in [6.07, 6.45) is 0. The SMILES string of the molecule is COc1cc(C(Nc2ccc(C(=N)N)cc2)c2nn(-c3ccccc3C(=O)O)c(=O)[nH]2)cc(C)n1. The third-order valence-electron chi connectivity index (χ3n) is 5.27. The molecular formula is C24H23N7O4. The first kappa shape index (κ1) is 23.2. The summed E-state index contributed by atoms with van der Waals surface area (Å²) >= 11 is 0.